The molecule has 0 amide bonds. The maximum atomic E-state index is 13.9. The fourth-order valence-corrected chi connectivity index (χ4v) is 1.47. The Morgan fingerprint density at radius 1 is 1.31 bits per heavy atom. The van der Waals surface area contributed by atoms with Crippen molar-refractivity contribution in [3.8, 4) is 17.0 Å². The predicted molar refractivity (Wildman–Crippen MR) is 61.4 cm³/mol. The van der Waals surface area contributed by atoms with E-state index in [2.05, 4.69) is 10.2 Å². The summed E-state index contributed by atoms with van der Waals surface area (Å²) in [7, 11) is 1.42. The number of rotatable bonds is 2. The second-order valence-corrected chi connectivity index (χ2v) is 3.57. The van der Waals surface area contributed by atoms with Gasteiger partial charge in [-0.05, 0) is 24.3 Å². The van der Waals surface area contributed by atoms with Gasteiger partial charge in [0, 0.05) is 5.56 Å². The molecule has 0 atom stereocenters. The van der Waals surface area contributed by atoms with Crippen molar-refractivity contribution < 1.29 is 9.13 Å². The van der Waals surface area contributed by atoms with E-state index in [1.54, 1.807) is 30.3 Å². The van der Waals surface area contributed by atoms with E-state index in [9.17, 15) is 4.39 Å². The highest BCUT2D eigenvalue weighted by atomic mass is 32.1. The Morgan fingerprint density at radius 2 is 2.12 bits per heavy atom. The first-order valence-corrected chi connectivity index (χ1v) is 5.02. The van der Waals surface area contributed by atoms with Crippen LogP contribution in [-0.4, -0.2) is 17.3 Å². The first kappa shape index (κ1) is 10.8. The number of methoxy groups -OCH3 is 1. The average molecular weight is 236 g/mol. The number of aromatic nitrogens is 2. The lowest BCUT2D eigenvalue weighted by Gasteiger charge is -2.06. The minimum absolute atomic E-state index is 0.196. The van der Waals surface area contributed by atoms with Gasteiger partial charge in [0.15, 0.2) is 11.6 Å². The number of hydrogen-bond donors (Lipinski definition) is 1. The van der Waals surface area contributed by atoms with Crippen molar-refractivity contribution in [2.45, 2.75) is 0 Å². The fourth-order valence-electron chi connectivity index (χ4n) is 1.36. The third-order valence-corrected chi connectivity index (χ3v) is 2.37. The molecule has 82 valence electrons. The normalized spacial score (nSPS) is 10.1. The Balaban J connectivity index is 2.56. The van der Waals surface area contributed by atoms with E-state index < -0.39 is 5.82 Å². The zero-order valence-corrected chi connectivity index (χ0v) is 9.34. The highest BCUT2D eigenvalue weighted by molar-refractivity contribution is 7.71. The van der Waals surface area contributed by atoms with E-state index in [0.717, 1.165) is 0 Å². The molecule has 0 fully saturated rings. The van der Waals surface area contributed by atoms with Crippen molar-refractivity contribution in [3.63, 3.8) is 0 Å². The molecule has 16 heavy (non-hydrogen) atoms. The SMILES string of the molecule is COc1cccc(-c2ccc(=S)[nH]n2)c1F. The number of aromatic amines is 1. The van der Waals surface area contributed by atoms with Crippen LogP contribution in [0.25, 0.3) is 11.3 Å². The molecule has 0 aliphatic heterocycles. The van der Waals surface area contributed by atoms with Gasteiger partial charge in [0.1, 0.15) is 4.64 Å². The van der Waals surface area contributed by atoms with Crippen molar-refractivity contribution in [1.29, 1.82) is 0 Å². The second-order valence-electron chi connectivity index (χ2n) is 3.13. The topological polar surface area (TPSA) is 37.9 Å². The molecular formula is C11H9FN2OS. The third kappa shape index (κ3) is 1.94. The summed E-state index contributed by atoms with van der Waals surface area (Å²) >= 11 is 4.87. The summed E-state index contributed by atoms with van der Waals surface area (Å²) in [6.45, 7) is 0. The molecule has 5 heteroatoms. The lowest BCUT2D eigenvalue weighted by atomic mass is 10.1. The predicted octanol–water partition coefficient (Wildman–Crippen LogP) is 2.95. The molecule has 0 saturated heterocycles. The van der Waals surface area contributed by atoms with Crippen LogP contribution in [0.4, 0.5) is 4.39 Å². The summed E-state index contributed by atoms with van der Waals surface area (Å²) in [5, 5.41) is 6.58. The van der Waals surface area contributed by atoms with Gasteiger partial charge in [-0.3, -0.25) is 5.10 Å². The number of ether oxygens (including phenoxy) is 1. The maximum absolute atomic E-state index is 13.9. The van der Waals surface area contributed by atoms with E-state index in [0.29, 0.717) is 15.9 Å². The minimum atomic E-state index is -0.428. The van der Waals surface area contributed by atoms with Gasteiger partial charge < -0.3 is 4.74 Å². The summed E-state index contributed by atoms with van der Waals surface area (Å²) < 4.78 is 19.3. The second kappa shape index (κ2) is 4.40. The van der Waals surface area contributed by atoms with Crippen molar-refractivity contribution in [3.05, 3.63) is 40.8 Å². The molecule has 2 aromatic rings. The molecule has 1 aromatic carbocycles. The van der Waals surface area contributed by atoms with Gasteiger partial charge in [-0.1, -0.05) is 18.3 Å². The number of H-pyrrole nitrogens is 1. The largest absolute Gasteiger partial charge is 0.494 e. The van der Waals surface area contributed by atoms with Crippen LogP contribution in [0.5, 0.6) is 5.75 Å². The van der Waals surface area contributed by atoms with Crippen LogP contribution in [0.1, 0.15) is 0 Å². The van der Waals surface area contributed by atoms with Gasteiger partial charge in [0.2, 0.25) is 0 Å². The maximum Gasteiger partial charge on any atom is 0.174 e. The molecule has 2 rings (SSSR count). The van der Waals surface area contributed by atoms with Crippen LogP contribution in [-0.2, 0) is 0 Å². The van der Waals surface area contributed by atoms with Crippen molar-refractivity contribution in [2.24, 2.45) is 0 Å². The molecule has 3 nitrogen and oxygen atoms in total. The van der Waals surface area contributed by atoms with Crippen molar-refractivity contribution in [2.75, 3.05) is 7.11 Å². The highest BCUT2D eigenvalue weighted by Crippen LogP contribution is 2.26. The van der Waals surface area contributed by atoms with E-state index in [1.165, 1.54) is 7.11 Å². The Labute approximate surface area is 96.9 Å². The molecule has 0 aliphatic carbocycles. The Hall–Kier alpha value is -1.75. The lowest BCUT2D eigenvalue weighted by molar-refractivity contribution is 0.387. The number of nitrogens with one attached hydrogen (secondary N) is 1. The van der Waals surface area contributed by atoms with Crippen molar-refractivity contribution >= 4 is 12.2 Å². The van der Waals surface area contributed by atoms with E-state index in [-0.39, 0.29) is 5.75 Å². The zero-order chi connectivity index (χ0) is 11.5. The number of benzene rings is 1. The molecule has 0 saturated carbocycles. The number of halogens is 1. The first-order chi connectivity index (χ1) is 7.72. The molecule has 0 radical (unpaired) electrons. The van der Waals surface area contributed by atoms with Gasteiger partial charge in [-0.25, -0.2) is 4.39 Å². The smallest absolute Gasteiger partial charge is 0.174 e. The molecule has 1 N–H and O–H groups in total. The average Bonchev–Trinajstić information content (AvgIpc) is 2.31. The molecule has 0 unspecified atom stereocenters. The Bertz CT molecular complexity index is 548. The van der Waals surface area contributed by atoms with Crippen LogP contribution in [0.2, 0.25) is 0 Å². The standard InChI is InChI=1S/C11H9FN2OS/c1-15-9-4-2-3-7(11(9)12)8-5-6-10(16)14-13-8/h2-6H,1H3,(H,14,16). The van der Waals surface area contributed by atoms with Gasteiger partial charge >= 0.3 is 0 Å². The molecular weight excluding hydrogens is 227 g/mol. The van der Waals surface area contributed by atoms with Gasteiger partial charge in [0.05, 0.1) is 12.8 Å². The van der Waals surface area contributed by atoms with E-state index in [4.69, 9.17) is 17.0 Å². The molecule has 1 aromatic heterocycles. The van der Waals surface area contributed by atoms with Crippen LogP contribution < -0.4 is 4.74 Å². The fraction of sp³-hybridized carbons (Fsp3) is 0.0909. The summed E-state index contributed by atoms with van der Waals surface area (Å²) in [6.07, 6.45) is 0. The quantitative estimate of drug-likeness (QED) is 0.815. The van der Waals surface area contributed by atoms with E-state index in [1.807, 2.05) is 0 Å². The molecule has 1 heterocycles. The zero-order valence-electron chi connectivity index (χ0n) is 8.53. The number of nitrogens with zero attached hydrogens (tertiary/aromatic N) is 1. The molecule has 0 aliphatic rings. The minimum Gasteiger partial charge on any atom is -0.494 e. The van der Waals surface area contributed by atoms with Crippen LogP contribution in [0.15, 0.2) is 30.3 Å². The Morgan fingerprint density at radius 3 is 2.75 bits per heavy atom. The van der Waals surface area contributed by atoms with Crippen LogP contribution >= 0.6 is 12.2 Å². The summed E-state index contributed by atoms with van der Waals surface area (Å²) in [5.74, 6) is -0.232. The number of hydrogen-bond acceptors (Lipinski definition) is 3. The summed E-state index contributed by atoms with van der Waals surface area (Å²) in [4.78, 5) is 0. The summed E-state index contributed by atoms with van der Waals surface area (Å²) in [6, 6.07) is 8.23. The van der Waals surface area contributed by atoms with Gasteiger partial charge in [0.25, 0.3) is 0 Å². The third-order valence-electron chi connectivity index (χ3n) is 2.14. The van der Waals surface area contributed by atoms with Crippen LogP contribution in [0, 0.1) is 10.5 Å². The van der Waals surface area contributed by atoms with Gasteiger partial charge in [-0.2, -0.15) is 5.10 Å². The lowest BCUT2D eigenvalue weighted by Crippen LogP contribution is -1.93. The Kier molecular flexibility index (Phi) is 2.96. The van der Waals surface area contributed by atoms with Crippen LogP contribution in [0.3, 0.4) is 0 Å². The molecule has 0 bridgehead atoms. The van der Waals surface area contributed by atoms with Gasteiger partial charge in [-0.15, -0.1) is 0 Å². The summed E-state index contributed by atoms with van der Waals surface area (Å²) in [5.41, 5.74) is 0.871. The monoisotopic (exact) mass is 236 g/mol. The van der Waals surface area contributed by atoms with E-state index >= 15 is 0 Å². The van der Waals surface area contributed by atoms with Crippen molar-refractivity contribution in [1.82, 2.24) is 10.2 Å². The first-order valence-electron chi connectivity index (χ1n) is 4.61. The highest BCUT2D eigenvalue weighted by Gasteiger charge is 2.10. The molecule has 0 spiro atoms.